The van der Waals surface area contributed by atoms with E-state index in [1.165, 1.54) is 0 Å². The normalized spacial score (nSPS) is 20.3. The smallest absolute Gasteiger partial charge is 0.328 e. The number of amides is 1. The molecule has 2 aromatic rings. The van der Waals surface area contributed by atoms with Crippen molar-refractivity contribution < 1.29 is 14.3 Å². The van der Waals surface area contributed by atoms with Crippen LogP contribution in [0.15, 0.2) is 35.7 Å². The number of aromatic nitrogens is 1. The first-order valence-corrected chi connectivity index (χ1v) is 12.4. The van der Waals surface area contributed by atoms with Gasteiger partial charge in [0, 0.05) is 50.2 Å². The Balaban J connectivity index is 1.25. The highest BCUT2D eigenvalue weighted by atomic mass is 32.1. The first-order valence-electron chi connectivity index (χ1n) is 11.5. The number of benzene rings is 1. The molecule has 8 heteroatoms. The standard InChI is InChI=1S/C24H32N4O3S/c1-2-31-24(30)21-10-6-7-11-28(21)22(29)17-27-14-12-26(13-15-27)16-20-18-32-23(25-20)19-8-4-3-5-9-19/h3-5,8-9,18,21H,2,6-7,10-17H2,1H3. The molecule has 1 aromatic heterocycles. The maximum absolute atomic E-state index is 12.9. The third kappa shape index (κ3) is 5.74. The Morgan fingerprint density at radius 2 is 1.81 bits per heavy atom. The van der Waals surface area contributed by atoms with Gasteiger partial charge < -0.3 is 9.64 Å². The molecule has 0 radical (unpaired) electrons. The summed E-state index contributed by atoms with van der Waals surface area (Å²) >= 11 is 1.69. The number of nitrogens with zero attached hydrogens (tertiary/aromatic N) is 4. The van der Waals surface area contributed by atoms with Crippen LogP contribution >= 0.6 is 11.3 Å². The van der Waals surface area contributed by atoms with Gasteiger partial charge in [-0.25, -0.2) is 9.78 Å². The zero-order valence-corrected chi connectivity index (χ0v) is 19.6. The van der Waals surface area contributed by atoms with E-state index in [0.29, 0.717) is 26.1 Å². The number of hydrogen-bond donors (Lipinski definition) is 0. The molecule has 2 fully saturated rings. The number of piperidine rings is 1. The monoisotopic (exact) mass is 456 g/mol. The summed E-state index contributed by atoms with van der Waals surface area (Å²) in [6, 6.07) is 9.86. The largest absolute Gasteiger partial charge is 0.464 e. The van der Waals surface area contributed by atoms with E-state index >= 15 is 0 Å². The maximum atomic E-state index is 12.9. The average Bonchev–Trinajstić information content (AvgIpc) is 3.29. The van der Waals surface area contributed by atoms with Gasteiger partial charge in [0.15, 0.2) is 0 Å². The lowest BCUT2D eigenvalue weighted by Gasteiger charge is -2.38. The fourth-order valence-corrected chi connectivity index (χ4v) is 5.24. The molecule has 2 aliphatic heterocycles. The highest BCUT2D eigenvalue weighted by molar-refractivity contribution is 7.13. The lowest BCUT2D eigenvalue weighted by molar-refractivity contribution is -0.157. The molecule has 0 N–H and O–H groups in total. The van der Waals surface area contributed by atoms with Gasteiger partial charge in [-0.15, -0.1) is 11.3 Å². The number of esters is 1. The van der Waals surface area contributed by atoms with Gasteiger partial charge in [-0.3, -0.25) is 14.6 Å². The average molecular weight is 457 g/mol. The van der Waals surface area contributed by atoms with Gasteiger partial charge in [-0.05, 0) is 26.2 Å². The molecule has 1 atom stereocenters. The van der Waals surface area contributed by atoms with Gasteiger partial charge >= 0.3 is 5.97 Å². The summed E-state index contributed by atoms with van der Waals surface area (Å²) in [7, 11) is 0. The van der Waals surface area contributed by atoms with Gasteiger partial charge in [0.1, 0.15) is 11.0 Å². The number of rotatable bonds is 7. The Kier molecular flexibility index (Phi) is 7.89. The van der Waals surface area contributed by atoms with Crippen molar-refractivity contribution in [2.75, 3.05) is 45.9 Å². The Bertz CT molecular complexity index is 896. The van der Waals surface area contributed by atoms with Gasteiger partial charge in [0.25, 0.3) is 0 Å². The third-order valence-electron chi connectivity index (χ3n) is 6.16. The molecule has 32 heavy (non-hydrogen) atoms. The topological polar surface area (TPSA) is 66.0 Å². The van der Waals surface area contributed by atoms with E-state index in [4.69, 9.17) is 9.72 Å². The number of ether oxygens (including phenoxy) is 1. The minimum atomic E-state index is -0.416. The van der Waals surface area contributed by atoms with Crippen LogP contribution in [0.1, 0.15) is 31.9 Å². The zero-order chi connectivity index (χ0) is 22.3. The van der Waals surface area contributed by atoms with Crippen molar-refractivity contribution in [3.8, 4) is 10.6 Å². The number of carbonyl (C=O) groups excluding carboxylic acids is 2. The molecular formula is C24H32N4O3S. The lowest BCUT2D eigenvalue weighted by Crippen LogP contribution is -2.54. The van der Waals surface area contributed by atoms with Crippen LogP contribution in [0, 0.1) is 0 Å². The van der Waals surface area contributed by atoms with Crippen molar-refractivity contribution in [1.29, 1.82) is 0 Å². The molecule has 0 bridgehead atoms. The summed E-state index contributed by atoms with van der Waals surface area (Å²) < 4.78 is 5.19. The first-order chi connectivity index (χ1) is 15.6. The second-order valence-corrected chi connectivity index (χ2v) is 9.27. The molecule has 0 aliphatic carbocycles. The highest BCUT2D eigenvalue weighted by Crippen LogP contribution is 2.24. The van der Waals surface area contributed by atoms with E-state index in [-0.39, 0.29) is 11.9 Å². The second kappa shape index (κ2) is 11.0. The van der Waals surface area contributed by atoms with Crippen molar-refractivity contribution in [1.82, 2.24) is 19.7 Å². The summed E-state index contributed by atoms with van der Waals surface area (Å²) in [5.41, 5.74) is 2.26. The van der Waals surface area contributed by atoms with E-state index in [1.807, 2.05) is 18.2 Å². The lowest BCUT2D eigenvalue weighted by atomic mass is 10.0. The van der Waals surface area contributed by atoms with E-state index in [1.54, 1.807) is 23.2 Å². The second-order valence-electron chi connectivity index (χ2n) is 8.41. The van der Waals surface area contributed by atoms with Crippen LogP contribution in [-0.2, 0) is 20.9 Å². The van der Waals surface area contributed by atoms with Crippen molar-refractivity contribution in [2.45, 2.75) is 38.8 Å². The van der Waals surface area contributed by atoms with Crippen molar-refractivity contribution in [2.24, 2.45) is 0 Å². The molecule has 172 valence electrons. The molecule has 7 nitrogen and oxygen atoms in total. The van der Waals surface area contributed by atoms with Crippen LogP contribution in [0.4, 0.5) is 0 Å². The van der Waals surface area contributed by atoms with Gasteiger partial charge in [-0.1, -0.05) is 30.3 Å². The molecule has 4 rings (SSSR count). The summed E-state index contributed by atoms with van der Waals surface area (Å²) in [4.78, 5) is 36.4. The number of likely N-dealkylation sites (tertiary alicyclic amines) is 1. The van der Waals surface area contributed by atoms with Gasteiger partial charge in [0.05, 0.1) is 18.8 Å². The van der Waals surface area contributed by atoms with E-state index in [9.17, 15) is 9.59 Å². The van der Waals surface area contributed by atoms with E-state index in [0.717, 1.165) is 61.8 Å². The van der Waals surface area contributed by atoms with Crippen molar-refractivity contribution >= 4 is 23.2 Å². The van der Waals surface area contributed by atoms with Gasteiger partial charge in [-0.2, -0.15) is 0 Å². The quantitative estimate of drug-likeness (QED) is 0.597. The molecule has 2 aliphatic rings. The number of piperazine rings is 1. The molecular weight excluding hydrogens is 424 g/mol. The molecule has 0 spiro atoms. The minimum absolute atomic E-state index is 0.0446. The molecule has 2 saturated heterocycles. The fraction of sp³-hybridized carbons (Fsp3) is 0.542. The predicted octanol–water partition coefficient (Wildman–Crippen LogP) is 2.87. The van der Waals surface area contributed by atoms with Crippen molar-refractivity contribution in [3.63, 3.8) is 0 Å². The number of hydrogen-bond acceptors (Lipinski definition) is 7. The van der Waals surface area contributed by atoms with E-state index in [2.05, 4.69) is 27.3 Å². The maximum Gasteiger partial charge on any atom is 0.328 e. The summed E-state index contributed by atoms with van der Waals surface area (Å²) in [5.74, 6) is -0.216. The Hall–Kier alpha value is -2.29. The first kappa shape index (κ1) is 22.9. The Morgan fingerprint density at radius 3 is 2.56 bits per heavy atom. The summed E-state index contributed by atoms with van der Waals surface area (Å²) in [6.45, 7) is 7.53. The molecule has 1 aromatic carbocycles. The third-order valence-corrected chi connectivity index (χ3v) is 7.10. The number of carbonyl (C=O) groups is 2. The number of thiazole rings is 1. The summed E-state index contributed by atoms with van der Waals surface area (Å²) in [6.07, 6.45) is 2.62. The van der Waals surface area contributed by atoms with Crippen LogP contribution in [0.5, 0.6) is 0 Å². The van der Waals surface area contributed by atoms with Crippen molar-refractivity contribution in [3.05, 3.63) is 41.4 Å². The van der Waals surface area contributed by atoms with Gasteiger partial charge in [0.2, 0.25) is 5.91 Å². The minimum Gasteiger partial charge on any atom is -0.464 e. The fourth-order valence-electron chi connectivity index (χ4n) is 4.42. The van der Waals surface area contributed by atoms with Crippen LogP contribution in [0.2, 0.25) is 0 Å². The molecule has 0 saturated carbocycles. The summed E-state index contributed by atoms with van der Waals surface area (Å²) in [5, 5.41) is 3.20. The van der Waals surface area contributed by atoms with Crippen LogP contribution in [0.25, 0.3) is 10.6 Å². The Labute approximate surface area is 194 Å². The highest BCUT2D eigenvalue weighted by Gasteiger charge is 2.34. The SMILES string of the molecule is CCOC(=O)C1CCCCN1C(=O)CN1CCN(Cc2csc(-c3ccccc3)n2)CC1. The molecule has 1 amide bonds. The van der Waals surface area contributed by atoms with E-state index < -0.39 is 6.04 Å². The van der Waals surface area contributed by atoms with Crippen LogP contribution < -0.4 is 0 Å². The van der Waals surface area contributed by atoms with Crippen LogP contribution in [0.3, 0.4) is 0 Å². The van der Waals surface area contributed by atoms with Crippen LogP contribution in [-0.4, -0.2) is 83.5 Å². The molecule has 3 heterocycles. The predicted molar refractivity (Wildman–Crippen MR) is 125 cm³/mol. The molecule has 1 unspecified atom stereocenters. The Morgan fingerprint density at radius 1 is 1.06 bits per heavy atom. The zero-order valence-electron chi connectivity index (χ0n) is 18.7.